The summed E-state index contributed by atoms with van der Waals surface area (Å²) in [5.74, 6) is -0.218. The van der Waals surface area contributed by atoms with E-state index in [4.69, 9.17) is 27.9 Å². The Balaban J connectivity index is 1.93. The van der Waals surface area contributed by atoms with Crippen LogP contribution in [0.4, 0.5) is 0 Å². The Morgan fingerprint density at radius 3 is 2.48 bits per heavy atom. The Kier molecular flexibility index (Phi) is 3.78. The first-order valence-corrected chi connectivity index (χ1v) is 6.91. The Labute approximate surface area is 131 Å². The molecule has 21 heavy (non-hydrogen) atoms. The molecular weight excluding hydrogens is 309 g/mol. The molecule has 2 aromatic carbocycles. The molecule has 2 aromatic rings. The highest BCUT2D eigenvalue weighted by atomic mass is 35.5. The van der Waals surface area contributed by atoms with Crippen LogP contribution in [-0.4, -0.2) is 11.9 Å². The van der Waals surface area contributed by atoms with Crippen molar-refractivity contribution < 1.29 is 9.53 Å². The summed E-state index contributed by atoms with van der Waals surface area (Å²) in [7, 11) is 0. The van der Waals surface area contributed by atoms with E-state index in [1.807, 2.05) is 6.07 Å². The average molecular weight is 318 g/mol. The van der Waals surface area contributed by atoms with Gasteiger partial charge >= 0.3 is 5.97 Å². The number of hydrogen-bond donors (Lipinski definition) is 0. The van der Waals surface area contributed by atoms with Crippen molar-refractivity contribution in [1.29, 1.82) is 0 Å². The average Bonchev–Trinajstić information content (AvgIpc) is 2.81. The van der Waals surface area contributed by atoms with Crippen molar-refractivity contribution in [2.45, 2.75) is 0 Å². The molecular formula is C16H9Cl2NO2. The summed E-state index contributed by atoms with van der Waals surface area (Å²) in [6, 6.07) is 14.1. The normalized spacial score (nSPS) is 16.0. The number of carbonyl (C=O) groups is 1. The lowest BCUT2D eigenvalue weighted by Gasteiger charge is -1.98. The second kappa shape index (κ2) is 5.72. The summed E-state index contributed by atoms with van der Waals surface area (Å²) < 4.78 is 5.17. The minimum Gasteiger partial charge on any atom is -0.402 e. The summed E-state index contributed by atoms with van der Waals surface area (Å²) in [6.45, 7) is 0. The predicted octanol–water partition coefficient (Wildman–Crippen LogP) is 4.34. The Morgan fingerprint density at radius 1 is 1.00 bits per heavy atom. The number of aliphatic imine (C=N–C) groups is 1. The first kappa shape index (κ1) is 13.9. The molecule has 1 aliphatic rings. The van der Waals surface area contributed by atoms with Crippen molar-refractivity contribution in [2.24, 2.45) is 4.99 Å². The second-order valence-electron chi connectivity index (χ2n) is 4.40. The summed E-state index contributed by atoms with van der Waals surface area (Å²) >= 11 is 11.7. The van der Waals surface area contributed by atoms with Crippen LogP contribution in [0.5, 0.6) is 0 Å². The number of carbonyl (C=O) groups excluding carboxylic acids is 1. The first-order chi connectivity index (χ1) is 10.1. The molecule has 0 aromatic heterocycles. The molecule has 1 heterocycles. The van der Waals surface area contributed by atoms with Crippen molar-refractivity contribution in [3.8, 4) is 0 Å². The van der Waals surface area contributed by atoms with E-state index in [0.717, 1.165) is 5.56 Å². The van der Waals surface area contributed by atoms with Gasteiger partial charge in [-0.05, 0) is 48.0 Å². The Hall–Kier alpha value is -2.10. The molecule has 5 heteroatoms. The van der Waals surface area contributed by atoms with Crippen molar-refractivity contribution >= 4 is 41.1 Å². The van der Waals surface area contributed by atoms with Crippen LogP contribution in [0.1, 0.15) is 11.1 Å². The van der Waals surface area contributed by atoms with Crippen LogP contribution in [0.25, 0.3) is 6.08 Å². The molecule has 0 bridgehead atoms. The summed E-state index contributed by atoms with van der Waals surface area (Å²) in [5, 5.41) is 1.20. The fraction of sp³-hybridized carbons (Fsp3) is 0. The van der Waals surface area contributed by atoms with Crippen LogP contribution in [0, 0.1) is 0 Å². The highest BCUT2D eigenvalue weighted by Crippen LogP contribution is 2.21. The van der Waals surface area contributed by atoms with Gasteiger partial charge in [-0.25, -0.2) is 9.79 Å². The zero-order chi connectivity index (χ0) is 14.8. The number of nitrogens with zero attached hydrogens (tertiary/aromatic N) is 1. The standard InChI is InChI=1S/C16H9Cl2NO2/c17-12-6-4-11(5-7-12)15-19-14(16(20)21-15)9-10-2-1-3-13(18)8-10/h1-9H/b14-9+. The summed E-state index contributed by atoms with van der Waals surface area (Å²) in [4.78, 5) is 16.1. The lowest BCUT2D eigenvalue weighted by Crippen LogP contribution is -2.05. The van der Waals surface area contributed by atoms with Gasteiger partial charge in [0.25, 0.3) is 0 Å². The van der Waals surface area contributed by atoms with Gasteiger partial charge in [0.1, 0.15) is 0 Å². The van der Waals surface area contributed by atoms with Crippen LogP contribution >= 0.6 is 23.2 Å². The topological polar surface area (TPSA) is 38.7 Å². The van der Waals surface area contributed by atoms with Gasteiger partial charge in [-0.3, -0.25) is 0 Å². The van der Waals surface area contributed by atoms with Gasteiger partial charge in [0, 0.05) is 15.6 Å². The molecule has 3 rings (SSSR count). The van der Waals surface area contributed by atoms with E-state index < -0.39 is 5.97 Å². The third-order valence-corrected chi connectivity index (χ3v) is 3.35. The van der Waals surface area contributed by atoms with E-state index >= 15 is 0 Å². The molecule has 1 aliphatic heterocycles. The molecule has 0 fully saturated rings. The molecule has 3 nitrogen and oxygen atoms in total. The molecule has 0 amide bonds. The van der Waals surface area contributed by atoms with Crippen LogP contribution in [0.3, 0.4) is 0 Å². The van der Waals surface area contributed by atoms with E-state index in [0.29, 0.717) is 15.6 Å². The number of ether oxygens (including phenoxy) is 1. The van der Waals surface area contributed by atoms with Crippen LogP contribution in [0.2, 0.25) is 10.0 Å². The third-order valence-electron chi connectivity index (χ3n) is 2.86. The van der Waals surface area contributed by atoms with Crippen molar-refractivity contribution in [2.75, 3.05) is 0 Å². The molecule has 0 unspecified atom stereocenters. The van der Waals surface area contributed by atoms with Crippen LogP contribution in [-0.2, 0) is 9.53 Å². The van der Waals surface area contributed by atoms with Gasteiger partial charge in [0.15, 0.2) is 5.70 Å². The van der Waals surface area contributed by atoms with Gasteiger partial charge in [0.05, 0.1) is 0 Å². The fourth-order valence-electron chi connectivity index (χ4n) is 1.88. The maximum atomic E-state index is 11.9. The molecule has 0 radical (unpaired) electrons. The van der Waals surface area contributed by atoms with Gasteiger partial charge in [0.2, 0.25) is 5.90 Å². The van der Waals surface area contributed by atoms with Gasteiger partial charge in [-0.1, -0.05) is 35.3 Å². The molecule has 0 spiro atoms. The molecule has 0 aliphatic carbocycles. The summed E-state index contributed by atoms with van der Waals surface area (Å²) in [6.07, 6.45) is 1.64. The van der Waals surface area contributed by atoms with Crippen molar-refractivity contribution in [3.63, 3.8) is 0 Å². The number of halogens is 2. The Bertz CT molecular complexity index is 764. The van der Waals surface area contributed by atoms with Crippen molar-refractivity contribution in [3.05, 3.63) is 75.4 Å². The lowest BCUT2D eigenvalue weighted by atomic mass is 10.2. The molecule has 0 atom stereocenters. The number of rotatable bonds is 2. The first-order valence-electron chi connectivity index (χ1n) is 6.16. The zero-order valence-corrected chi connectivity index (χ0v) is 12.2. The number of hydrogen-bond acceptors (Lipinski definition) is 3. The summed E-state index contributed by atoms with van der Waals surface area (Å²) in [5.41, 5.74) is 1.72. The molecule has 104 valence electrons. The SMILES string of the molecule is O=C1OC(c2ccc(Cl)cc2)=N/C1=C/c1cccc(Cl)c1. The minimum absolute atomic E-state index is 0.238. The number of benzene rings is 2. The second-order valence-corrected chi connectivity index (χ2v) is 5.27. The van der Waals surface area contributed by atoms with Gasteiger partial charge in [-0.15, -0.1) is 0 Å². The molecule has 0 saturated heterocycles. The third kappa shape index (κ3) is 3.15. The highest BCUT2D eigenvalue weighted by Gasteiger charge is 2.23. The van der Waals surface area contributed by atoms with Crippen molar-refractivity contribution in [1.82, 2.24) is 0 Å². The van der Waals surface area contributed by atoms with E-state index in [2.05, 4.69) is 4.99 Å². The smallest absolute Gasteiger partial charge is 0.363 e. The van der Waals surface area contributed by atoms with Gasteiger partial charge < -0.3 is 4.74 Å². The number of cyclic esters (lactones) is 1. The monoisotopic (exact) mass is 317 g/mol. The van der Waals surface area contributed by atoms with Crippen LogP contribution < -0.4 is 0 Å². The minimum atomic E-state index is -0.486. The number of esters is 1. The van der Waals surface area contributed by atoms with Gasteiger partial charge in [-0.2, -0.15) is 0 Å². The lowest BCUT2D eigenvalue weighted by molar-refractivity contribution is -0.129. The maximum Gasteiger partial charge on any atom is 0.363 e. The van der Waals surface area contributed by atoms with E-state index in [-0.39, 0.29) is 11.6 Å². The quantitative estimate of drug-likeness (QED) is 0.610. The molecule has 0 saturated carbocycles. The fourth-order valence-corrected chi connectivity index (χ4v) is 2.20. The molecule has 0 N–H and O–H groups in total. The maximum absolute atomic E-state index is 11.9. The largest absolute Gasteiger partial charge is 0.402 e. The van der Waals surface area contributed by atoms with E-state index in [1.165, 1.54) is 0 Å². The highest BCUT2D eigenvalue weighted by molar-refractivity contribution is 6.31. The predicted molar refractivity (Wildman–Crippen MR) is 83.5 cm³/mol. The van der Waals surface area contributed by atoms with Crippen LogP contribution in [0.15, 0.2) is 59.2 Å². The van der Waals surface area contributed by atoms with E-state index in [1.54, 1.807) is 48.5 Å². The Morgan fingerprint density at radius 2 is 1.76 bits per heavy atom. The van der Waals surface area contributed by atoms with E-state index in [9.17, 15) is 4.79 Å². The zero-order valence-electron chi connectivity index (χ0n) is 10.7.